The van der Waals surface area contributed by atoms with E-state index in [-0.39, 0.29) is 23.5 Å². The fourth-order valence-electron chi connectivity index (χ4n) is 4.48. The quantitative estimate of drug-likeness (QED) is 0.0206. The lowest BCUT2D eigenvalue weighted by atomic mass is 10.1. The van der Waals surface area contributed by atoms with Crippen LogP contribution >= 0.6 is 11.6 Å². The molecule has 266 valence electrons. The van der Waals surface area contributed by atoms with Gasteiger partial charge in [0.25, 0.3) is 0 Å². The molecule has 3 rings (SSSR count). The molecule has 0 radical (unpaired) electrons. The van der Waals surface area contributed by atoms with E-state index in [2.05, 4.69) is 18.0 Å². The molecule has 11 heteroatoms. The first-order valence-corrected chi connectivity index (χ1v) is 16.9. The zero-order valence-electron chi connectivity index (χ0n) is 27.9. The summed E-state index contributed by atoms with van der Waals surface area (Å²) in [6, 6.07) is 19.0. The van der Waals surface area contributed by atoms with Crippen LogP contribution in [0, 0.1) is 0 Å². The van der Waals surface area contributed by atoms with Crippen molar-refractivity contribution in [2.24, 2.45) is 0 Å². The maximum atomic E-state index is 12.7. The van der Waals surface area contributed by atoms with Gasteiger partial charge in [-0.05, 0) is 86.2 Å². The lowest BCUT2D eigenvalue weighted by Crippen LogP contribution is -2.08. The molecule has 0 spiro atoms. The maximum Gasteiger partial charge on any atom is 0.343 e. The minimum Gasteiger partial charge on any atom is -0.494 e. The van der Waals surface area contributed by atoms with Crippen molar-refractivity contribution in [3.63, 3.8) is 0 Å². The van der Waals surface area contributed by atoms with Crippen molar-refractivity contribution in [3.8, 4) is 23.0 Å². The number of halogens is 1. The average molecular weight is 699 g/mol. The zero-order chi connectivity index (χ0) is 34.9. The largest absolute Gasteiger partial charge is 0.494 e. The monoisotopic (exact) mass is 698 g/mol. The lowest BCUT2D eigenvalue weighted by Gasteiger charge is -2.10. The molecule has 10 nitrogen and oxygen atoms in total. The Hall–Kier alpha value is -3.90. The maximum absolute atomic E-state index is 12.7. The standard InChI is InChI=1S/C38H47ClO10/c1-3-24-44-45-27-12-8-7-11-26-42-33-18-14-30(15-19-33)29-46-49-37-23-22-35(28-36(37)39)47-38(40)31-16-20-34(21-17-31)43-25-10-6-5-9-13-32(4-2)48-41/h3-4,14-23,28,32,41H,1-2,5-13,24-27,29H2. The Labute approximate surface area is 293 Å². The van der Waals surface area contributed by atoms with Crippen LogP contribution in [0.1, 0.15) is 73.7 Å². The molecule has 1 atom stereocenters. The normalized spacial score (nSPS) is 11.5. The van der Waals surface area contributed by atoms with E-state index in [9.17, 15) is 4.79 Å². The smallest absolute Gasteiger partial charge is 0.343 e. The highest BCUT2D eigenvalue weighted by Gasteiger charge is 2.12. The van der Waals surface area contributed by atoms with Gasteiger partial charge >= 0.3 is 5.97 Å². The number of ether oxygens (including phenoxy) is 3. The lowest BCUT2D eigenvalue weighted by molar-refractivity contribution is -0.286. The van der Waals surface area contributed by atoms with E-state index in [0.717, 1.165) is 69.1 Å². The molecule has 3 aromatic rings. The molecule has 0 aliphatic heterocycles. The number of hydrogen-bond donors (Lipinski definition) is 1. The fraction of sp³-hybridized carbons (Fsp3) is 0.395. The SMILES string of the molecule is C=CCOOCCCCCCOc1ccc(COOc2ccc(OC(=O)c3ccc(OCCCCCCC(C=C)OO)cc3)cc2Cl)cc1. The second-order valence-electron chi connectivity index (χ2n) is 11.1. The summed E-state index contributed by atoms with van der Waals surface area (Å²) in [5, 5.41) is 8.94. The first-order chi connectivity index (χ1) is 24.0. The third kappa shape index (κ3) is 16.4. The van der Waals surface area contributed by atoms with Crippen molar-refractivity contribution in [1.82, 2.24) is 0 Å². The number of hydrogen-bond acceptors (Lipinski definition) is 10. The van der Waals surface area contributed by atoms with Crippen LogP contribution in [0.15, 0.2) is 92.0 Å². The predicted molar refractivity (Wildman–Crippen MR) is 187 cm³/mol. The number of rotatable bonds is 27. The molecular weight excluding hydrogens is 652 g/mol. The minimum absolute atomic E-state index is 0.198. The summed E-state index contributed by atoms with van der Waals surface area (Å²) in [6.45, 7) is 9.56. The fourth-order valence-corrected chi connectivity index (χ4v) is 4.68. The number of carbonyl (C=O) groups excluding carboxylic acids is 1. The van der Waals surface area contributed by atoms with Crippen molar-refractivity contribution in [2.75, 3.05) is 26.4 Å². The van der Waals surface area contributed by atoms with Crippen LogP contribution < -0.4 is 19.1 Å². The molecule has 0 fully saturated rings. The summed E-state index contributed by atoms with van der Waals surface area (Å²) in [4.78, 5) is 37.7. The van der Waals surface area contributed by atoms with Crippen LogP contribution in [0.5, 0.6) is 23.0 Å². The first kappa shape index (κ1) is 39.5. The highest BCUT2D eigenvalue weighted by Crippen LogP contribution is 2.30. The second-order valence-corrected chi connectivity index (χ2v) is 11.5. The second kappa shape index (κ2) is 24.3. The van der Waals surface area contributed by atoms with Gasteiger partial charge in [-0.1, -0.05) is 61.6 Å². The Morgan fingerprint density at radius 2 is 1.35 bits per heavy atom. The van der Waals surface area contributed by atoms with Gasteiger partial charge in [0.2, 0.25) is 0 Å². The van der Waals surface area contributed by atoms with E-state index in [1.807, 2.05) is 24.3 Å². The summed E-state index contributed by atoms with van der Waals surface area (Å²) in [6.07, 6.45) is 11.5. The molecule has 0 bridgehead atoms. The summed E-state index contributed by atoms with van der Waals surface area (Å²) >= 11 is 6.35. The first-order valence-electron chi connectivity index (χ1n) is 16.6. The topological polar surface area (TPSA) is 111 Å². The van der Waals surface area contributed by atoms with Gasteiger partial charge in [0.1, 0.15) is 36.6 Å². The molecule has 1 unspecified atom stereocenters. The van der Waals surface area contributed by atoms with E-state index in [1.54, 1.807) is 48.6 Å². The summed E-state index contributed by atoms with van der Waals surface area (Å²) in [7, 11) is 0. The Kier molecular flexibility index (Phi) is 19.6. The van der Waals surface area contributed by atoms with Crippen molar-refractivity contribution >= 4 is 17.6 Å². The molecule has 1 N–H and O–H groups in total. The molecule has 0 heterocycles. The van der Waals surface area contributed by atoms with Crippen molar-refractivity contribution < 1.29 is 48.7 Å². The van der Waals surface area contributed by atoms with Gasteiger partial charge in [-0.25, -0.2) is 19.5 Å². The van der Waals surface area contributed by atoms with Crippen LogP contribution in [0.25, 0.3) is 0 Å². The Bertz CT molecular complexity index is 1360. The van der Waals surface area contributed by atoms with E-state index < -0.39 is 5.97 Å². The van der Waals surface area contributed by atoms with Gasteiger partial charge in [0.15, 0.2) is 5.75 Å². The van der Waals surface area contributed by atoms with Crippen molar-refractivity contribution in [3.05, 3.63) is 108 Å². The predicted octanol–water partition coefficient (Wildman–Crippen LogP) is 9.52. The molecule has 0 aromatic heterocycles. The number of benzene rings is 3. The molecule has 0 saturated heterocycles. The Morgan fingerprint density at radius 1 is 0.735 bits per heavy atom. The van der Waals surface area contributed by atoms with E-state index in [1.165, 1.54) is 6.07 Å². The van der Waals surface area contributed by atoms with Gasteiger partial charge in [-0.2, -0.15) is 4.89 Å². The number of esters is 1. The van der Waals surface area contributed by atoms with E-state index in [4.69, 9.17) is 50.6 Å². The minimum atomic E-state index is -0.527. The Balaban J connectivity index is 1.29. The number of unbranched alkanes of at least 4 members (excludes halogenated alkanes) is 6. The molecule has 0 saturated carbocycles. The summed E-state index contributed by atoms with van der Waals surface area (Å²) in [5.74, 6) is 1.49. The van der Waals surface area contributed by atoms with Crippen LogP contribution in [0.3, 0.4) is 0 Å². The van der Waals surface area contributed by atoms with Crippen LogP contribution in [0.2, 0.25) is 5.02 Å². The van der Waals surface area contributed by atoms with Gasteiger partial charge in [-0.15, -0.1) is 13.2 Å². The molecule has 49 heavy (non-hydrogen) atoms. The van der Waals surface area contributed by atoms with Gasteiger partial charge in [0.05, 0.1) is 30.4 Å². The zero-order valence-corrected chi connectivity index (χ0v) is 28.7. The van der Waals surface area contributed by atoms with Crippen LogP contribution in [-0.2, 0) is 26.2 Å². The molecule has 3 aromatic carbocycles. The van der Waals surface area contributed by atoms with Gasteiger partial charge in [-0.3, -0.25) is 5.26 Å². The molecule has 0 aliphatic rings. The Morgan fingerprint density at radius 3 is 1.96 bits per heavy atom. The van der Waals surface area contributed by atoms with Crippen LogP contribution in [-0.4, -0.2) is 43.8 Å². The van der Waals surface area contributed by atoms with E-state index >= 15 is 0 Å². The van der Waals surface area contributed by atoms with Gasteiger partial charge in [0, 0.05) is 6.07 Å². The molecule has 0 amide bonds. The van der Waals surface area contributed by atoms with E-state index in [0.29, 0.717) is 43.5 Å². The summed E-state index contributed by atoms with van der Waals surface area (Å²) in [5.41, 5.74) is 1.27. The third-order valence-electron chi connectivity index (χ3n) is 7.21. The van der Waals surface area contributed by atoms with Crippen LogP contribution in [0.4, 0.5) is 0 Å². The van der Waals surface area contributed by atoms with Gasteiger partial charge < -0.3 is 19.1 Å². The third-order valence-corrected chi connectivity index (χ3v) is 7.51. The highest BCUT2D eigenvalue weighted by molar-refractivity contribution is 6.32. The summed E-state index contributed by atoms with van der Waals surface area (Å²) < 4.78 is 17.1. The molecule has 0 aliphatic carbocycles. The number of carbonyl (C=O) groups is 1. The van der Waals surface area contributed by atoms with Crippen molar-refractivity contribution in [1.29, 1.82) is 0 Å². The average Bonchev–Trinajstić information content (AvgIpc) is 3.12. The van der Waals surface area contributed by atoms with Crippen molar-refractivity contribution in [2.45, 2.75) is 70.5 Å². The molecular formula is C38H47ClO10. The highest BCUT2D eigenvalue weighted by atomic mass is 35.5.